The van der Waals surface area contributed by atoms with Crippen LogP contribution in [0.4, 0.5) is 28.9 Å². The molecular weight excluding hydrogens is 550 g/mol. The van der Waals surface area contributed by atoms with Gasteiger partial charge in [-0.1, -0.05) is 35.5 Å². The fourth-order valence-electron chi connectivity index (χ4n) is 3.73. The summed E-state index contributed by atoms with van der Waals surface area (Å²) in [5.74, 6) is -1.25. The van der Waals surface area contributed by atoms with Gasteiger partial charge in [-0.2, -0.15) is 13.2 Å². The number of carbonyl (C=O) groups is 1. The third-order valence-corrected chi connectivity index (χ3v) is 7.00. The molecule has 0 atom stereocenters. The number of aromatic nitrogens is 2. The van der Waals surface area contributed by atoms with Crippen molar-refractivity contribution in [3.05, 3.63) is 85.4 Å². The number of thioether (sulfide) groups is 1. The second kappa shape index (κ2) is 10.3. The summed E-state index contributed by atoms with van der Waals surface area (Å²) in [7, 11) is 4.62. The number of halogens is 5. The monoisotopic (exact) mass is 569 g/mol. The van der Waals surface area contributed by atoms with Gasteiger partial charge in [0.15, 0.2) is 5.17 Å². The second-order valence-electron chi connectivity index (χ2n) is 8.52. The number of nitrogens with zero attached hydrogens (tertiary/aromatic N) is 5. The summed E-state index contributed by atoms with van der Waals surface area (Å²) < 4.78 is 54.9. The van der Waals surface area contributed by atoms with Crippen LogP contribution in [0.25, 0.3) is 5.69 Å². The molecule has 0 radical (unpaired) electrons. The van der Waals surface area contributed by atoms with Crippen LogP contribution in [-0.2, 0) is 24.6 Å². The van der Waals surface area contributed by atoms with Gasteiger partial charge in [0.25, 0.3) is 5.56 Å². The Balaban J connectivity index is 1.75. The Morgan fingerprint density at radius 3 is 2.34 bits per heavy atom. The number of amidine groups is 1. The van der Waals surface area contributed by atoms with Gasteiger partial charge in [-0.25, -0.2) is 18.7 Å². The fraction of sp³-hybridized carbons (Fsp3) is 0.250. The molecule has 14 heteroatoms. The topological polar surface area (TPSA) is 79.9 Å². The quantitative estimate of drug-likeness (QED) is 0.431. The van der Waals surface area contributed by atoms with Gasteiger partial charge in [0.1, 0.15) is 11.5 Å². The maximum atomic E-state index is 14.8. The molecule has 1 fully saturated rings. The lowest BCUT2D eigenvalue weighted by atomic mass is 10.2. The minimum atomic E-state index is -4.97. The van der Waals surface area contributed by atoms with E-state index >= 15 is 0 Å². The number of hydrogen-bond acceptors (Lipinski definition) is 6. The highest BCUT2D eigenvalue weighted by Gasteiger charge is 2.35. The van der Waals surface area contributed by atoms with Gasteiger partial charge >= 0.3 is 11.9 Å². The zero-order valence-electron chi connectivity index (χ0n) is 20.2. The molecule has 1 saturated heterocycles. The molecule has 8 nitrogen and oxygen atoms in total. The molecule has 200 valence electrons. The normalized spacial score (nSPS) is 15.0. The second-order valence-corrected chi connectivity index (χ2v) is 9.87. The molecule has 1 aromatic heterocycles. The Bertz CT molecular complexity index is 1570. The lowest BCUT2D eigenvalue weighted by Crippen LogP contribution is -2.41. The van der Waals surface area contributed by atoms with Crippen molar-refractivity contribution in [3.8, 4) is 5.69 Å². The summed E-state index contributed by atoms with van der Waals surface area (Å²) in [6.07, 6.45) is -4.97. The minimum absolute atomic E-state index is 0.0814. The smallest absolute Gasteiger partial charge is 0.378 e. The molecule has 0 aliphatic carbocycles. The van der Waals surface area contributed by atoms with E-state index in [9.17, 15) is 31.9 Å². The number of aliphatic imine (C=N–C) groups is 1. The molecule has 4 rings (SSSR count). The lowest BCUT2D eigenvalue weighted by Gasteiger charge is -2.18. The third kappa shape index (κ3) is 5.34. The van der Waals surface area contributed by atoms with Gasteiger partial charge < -0.3 is 4.90 Å². The molecule has 0 unspecified atom stereocenters. The predicted molar refractivity (Wildman–Crippen MR) is 138 cm³/mol. The average Bonchev–Trinajstić information content (AvgIpc) is 3.17. The van der Waals surface area contributed by atoms with Crippen molar-refractivity contribution in [2.45, 2.75) is 12.7 Å². The third-order valence-electron chi connectivity index (χ3n) is 5.73. The van der Waals surface area contributed by atoms with Gasteiger partial charge in [0.05, 0.1) is 28.7 Å². The molecular formula is C24H20ClF4N5O3S. The fourth-order valence-corrected chi connectivity index (χ4v) is 4.81. The predicted octanol–water partition coefficient (Wildman–Crippen LogP) is 4.18. The number of anilines is 1. The first-order valence-corrected chi connectivity index (χ1v) is 12.3. The molecule has 0 bridgehead atoms. The molecule has 38 heavy (non-hydrogen) atoms. The van der Waals surface area contributed by atoms with Crippen LogP contribution in [0.15, 0.2) is 57.0 Å². The van der Waals surface area contributed by atoms with E-state index in [0.717, 1.165) is 42.2 Å². The van der Waals surface area contributed by atoms with Crippen molar-refractivity contribution in [1.82, 2.24) is 14.0 Å². The Kier molecular flexibility index (Phi) is 7.44. The van der Waals surface area contributed by atoms with Crippen molar-refractivity contribution in [2.24, 2.45) is 12.0 Å². The van der Waals surface area contributed by atoms with Crippen LogP contribution in [0.1, 0.15) is 11.3 Å². The van der Waals surface area contributed by atoms with Crippen LogP contribution in [0, 0.1) is 5.82 Å². The summed E-state index contributed by atoms with van der Waals surface area (Å²) in [5, 5.41) is 0.0598. The molecule has 0 N–H and O–H groups in total. The maximum Gasteiger partial charge on any atom is 0.431 e. The molecule has 1 aliphatic rings. The van der Waals surface area contributed by atoms with Gasteiger partial charge in [-0.15, -0.1) is 0 Å². The zero-order valence-corrected chi connectivity index (χ0v) is 21.8. The Hall–Kier alpha value is -3.58. The number of alkyl halides is 3. The van der Waals surface area contributed by atoms with Crippen molar-refractivity contribution in [3.63, 3.8) is 0 Å². The van der Waals surface area contributed by atoms with Gasteiger partial charge in [0, 0.05) is 32.9 Å². The molecule has 3 aromatic rings. The van der Waals surface area contributed by atoms with Gasteiger partial charge in [-0.3, -0.25) is 19.1 Å². The minimum Gasteiger partial charge on any atom is -0.378 e. The summed E-state index contributed by atoms with van der Waals surface area (Å²) in [4.78, 5) is 45.4. The molecule has 1 amide bonds. The lowest BCUT2D eigenvalue weighted by molar-refractivity contribution is -0.144. The molecule has 0 saturated carbocycles. The van der Waals surface area contributed by atoms with Crippen molar-refractivity contribution >= 4 is 45.8 Å². The Labute approximate surface area is 222 Å². The molecule has 0 spiro atoms. The van der Waals surface area contributed by atoms with Crippen LogP contribution < -0.4 is 16.1 Å². The summed E-state index contributed by atoms with van der Waals surface area (Å²) in [6.45, 7) is 0.197. The number of carbonyl (C=O) groups excluding carboxylic acids is 1. The van der Waals surface area contributed by atoms with Crippen LogP contribution in [-0.4, -0.2) is 45.0 Å². The molecule has 2 heterocycles. The van der Waals surface area contributed by atoms with E-state index in [1.54, 1.807) is 0 Å². The SMILES string of the molecule is CN(C)c1ccc(CN2C(=O)CS/C2=N\c2cc(-n3c(=O)cc(C(F)(F)F)n(C)c3=O)c(F)cc2Cl)cc1. The van der Waals surface area contributed by atoms with Gasteiger partial charge in [-0.05, 0) is 29.8 Å². The van der Waals surface area contributed by atoms with E-state index in [1.165, 1.54) is 4.90 Å². The summed E-state index contributed by atoms with van der Waals surface area (Å²) >= 11 is 7.29. The average molecular weight is 570 g/mol. The Morgan fingerprint density at radius 1 is 1.08 bits per heavy atom. The number of hydrogen-bond donors (Lipinski definition) is 0. The first kappa shape index (κ1) is 27.5. The molecule has 1 aliphatic heterocycles. The highest BCUT2D eigenvalue weighted by molar-refractivity contribution is 8.15. The number of amides is 1. The van der Waals surface area contributed by atoms with Crippen molar-refractivity contribution in [2.75, 3.05) is 24.7 Å². The van der Waals surface area contributed by atoms with E-state index in [0.29, 0.717) is 0 Å². The zero-order chi connectivity index (χ0) is 27.9. The maximum absolute atomic E-state index is 14.8. The van der Waals surface area contributed by atoms with Crippen molar-refractivity contribution in [1.29, 1.82) is 0 Å². The first-order chi connectivity index (χ1) is 17.8. The first-order valence-electron chi connectivity index (χ1n) is 11.0. The molecule has 2 aromatic carbocycles. The van der Waals surface area contributed by atoms with E-state index in [4.69, 9.17) is 11.6 Å². The van der Waals surface area contributed by atoms with E-state index in [1.807, 2.05) is 43.3 Å². The summed E-state index contributed by atoms with van der Waals surface area (Å²) in [5.41, 5.74) is -3.18. The van der Waals surface area contributed by atoms with Crippen LogP contribution in [0.2, 0.25) is 5.02 Å². The number of rotatable bonds is 5. The highest BCUT2D eigenvalue weighted by atomic mass is 35.5. The highest BCUT2D eigenvalue weighted by Crippen LogP contribution is 2.33. The largest absolute Gasteiger partial charge is 0.431 e. The Morgan fingerprint density at radius 2 is 1.74 bits per heavy atom. The van der Waals surface area contributed by atoms with E-state index < -0.39 is 34.6 Å². The van der Waals surface area contributed by atoms with Crippen molar-refractivity contribution < 1.29 is 22.4 Å². The van der Waals surface area contributed by atoms with E-state index in [2.05, 4.69) is 4.99 Å². The number of benzene rings is 2. The van der Waals surface area contributed by atoms with Gasteiger partial charge in [0.2, 0.25) is 5.91 Å². The van der Waals surface area contributed by atoms with Crippen LogP contribution in [0.3, 0.4) is 0 Å². The standard InChI is InChI=1S/C24H20ClF4N5O3S/c1-31(2)14-6-4-13(5-7-14)11-33-21(36)12-38-22(33)30-17-9-18(16(26)8-15(17)25)34-20(35)10-19(24(27,28)29)32(3)23(34)37/h4-10H,11-12H2,1-3H3/b30-22-. The summed E-state index contributed by atoms with van der Waals surface area (Å²) in [6, 6.07) is 9.49. The van der Waals surface area contributed by atoms with E-state index in [-0.39, 0.29) is 49.3 Å². The van der Waals surface area contributed by atoms with Crippen LogP contribution >= 0.6 is 23.4 Å². The van der Waals surface area contributed by atoms with Crippen LogP contribution in [0.5, 0.6) is 0 Å².